The molecule has 2 amide bonds. The van der Waals surface area contributed by atoms with Gasteiger partial charge in [-0.25, -0.2) is 13.2 Å². The van der Waals surface area contributed by atoms with E-state index in [9.17, 15) is 22.8 Å². The summed E-state index contributed by atoms with van der Waals surface area (Å²) < 4.78 is 38.8. The molecule has 0 spiro atoms. The van der Waals surface area contributed by atoms with Gasteiger partial charge >= 0.3 is 5.97 Å². The van der Waals surface area contributed by atoms with E-state index in [1.54, 1.807) is 12.1 Å². The summed E-state index contributed by atoms with van der Waals surface area (Å²) in [5, 5.41) is 0. The molecule has 2 aromatic rings. The van der Waals surface area contributed by atoms with Gasteiger partial charge in [-0.2, -0.15) is 0 Å². The summed E-state index contributed by atoms with van der Waals surface area (Å²) >= 11 is 0. The van der Waals surface area contributed by atoms with Crippen LogP contribution in [0.15, 0.2) is 47.4 Å². The Balaban J connectivity index is 1.59. The van der Waals surface area contributed by atoms with Gasteiger partial charge in [-0.1, -0.05) is 18.2 Å². The minimum absolute atomic E-state index is 0.0415. The zero-order valence-electron chi connectivity index (χ0n) is 18.2. The highest BCUT2D eigenvalue weighted by Crippen LogP contribution is 2.35. The average Bonchev–Trinajstić information content (AvgIpc) is 3.27. The molecule has 0 aromatic heterocycles. The summed E-state index contributed by atoms with van der Waals surface area (Å²) in [5.74, 6) is -1.67. The molecule has 0 radical (unpaired) electrons. The number of para-hydroxylation sites is 1. The number of methoxy groups -OCH3 is 1. The number of benzene rings is 2. The van der Waals surface area contributed by atoms with Crippen LogP contribution < -0.4 is 9.04 Å². The number of carbonyl (C=O) groups is 3. The van der Waals surface area contributed by atoms with Gasteiger partial charge in [0.2, 0.25) is 5.91 Å². The Hall–Kier alpha value is -3.40. The molecule has 1 fully saturated rings. The number of hydrogen-bond acceptors (Lipinski definition) is 7. The van der Waals surface area contributed by atoms with Crippen molar-refractivity contribution in [2.24, 2.45) is 0 Å². The van der Waals surface area contributed by atoms with Gasteiger partial charge in [-0.15, -0.1) is 0 Å². The van der Waals surface area contributed by atoms with Crippen molar-refractivity contribution in [1.29, 1.82) is 0 Å². The van der Waals surface area contributed by atoms with Crippen LogP contribution in [0.5, 0.6) is 5.75 Å². The maximum Gasteiger partial charge on any atom is 0.338 e. The number of nitrogens with zero attached hydrogens (tertiary/aromatic N) is 2. The van der Waals surface area contributed by atoms with Gasteiger partial charge < -0.3 is 9.47 Å². The summed E-state index contributed by atoms with van der Waals surface area (Å²) in [5.41, 5.74) is 1.48. The van der Waals surface area contributed by atoms with Crippen molar-refractivity contribution in [1.82, 2.24) is 4.90 Å². The van der Waals surface area contributed by atoms with E-state index in [1.807, 2.05) is 12.1 Å². The van der Waals surface area contributed by atoms with Gasteiger partial charge in [0.15, 0.2) is 6.61 Å². The number of amides is 2. The number of imide groups is 1. The lowest BCUT2D eigenvalue weighted by Gasteiger charge is -2.31. The van der Waals surface area contributed by atoms with E-state index in [-0.39, 0.29) is 22.1 Å². The summed E-state index contributed by atoms with van der Waals surface area (Å²) in [7, 11) is -2.70. The quantitative estimate of drug-likeness (QED) is 0.593. The molecular weight excluding hydrogens is 448 g/mol. The molecule has 0 saturated carbocycles. The molecule has 0 unspecified atom stereocenters. The number of ether oxygens (including phenoxy) is 2. The number of carbonyl (C=O) groups excluding carboxylic acids is 3. The SMILES string of the molecule is COc1ccc(C(=O)OCC(=O)N2CCCC2=O)cc1S(=O)(=O)N1CCCc2ccccc21. The number of hydrogen-bond donors (Lipinski definition) is 0. The van der Waals surface area contributed by atoms with Crippen molar-refractivity contribution in [2.45, 2.75) is 30.6 Å². The molecule has 174 valence electrons. The van der Waals surface area contributed by atoms with E-state index in [0.29, 0.717) is 38.0 Å². The minimum atomic E-state index is -4.05. The van der Waals surface area contributed by atoms with E-state index in [4.69, 9.17) is 9.47 Å². The van der Waals surface area contributed by atoms with Gasteiger partial charge in [0.05, 0.1) is 18.4 Å². The summed E-state index contributed by atoms with van der Waals surface area (Å²) in [6.07, 6.45) is 2.31. The fourth-order valence-corrected chi connectivity index (χ4v) is 5.80. The molecular formula is C23H24N2O7S. The number of fused-ring (bicyclic) bond motifs is 1. The first-order valence-corrected chi connectivity index (χ1v) is 12.1. The molecule has 0 bridgehead atoms. The van der Waals surface area contributed by atoms with Crippen LogP contribution in [0.3, 0.4) is 0 Å². The zero-order valence-corrected chi connectivity index (χ0v) is 19.0. The first-order chi connectivity index (χ1) is 15.8. The molecule has 0 aliphatic carbocycles. The molecule has 2 heterocycles. The van der Waals surface area contributed by atoms with Crippen LogP contribution in [0.2, 0.25) is 0 Å². The van der Waals surface area contributed by atoms with Crippen molar-refractivity contribution in [3.05, 3.63) is 53.6 Å². The smallest absolute Gasteiger partial charge is 0.338 e. The molecule has 4 rings (SSSR count). The van der Waals surface area contributed by atoms with Crippen molar-refractivity contribution in [3.8, 4) is 5.75 Å². The van der Waals surface area contributed by atoms with Crippen LogP contribution in [0.4, 0.5) is 5.69 Å². The van der Waals surface area contributed by atoms with Crippen molar-refractivity contribution in [2.75, 3.05) is 31.1 Å². The fourth-order valence-electron chi connectivity index (χ4n) is 4.07. The van der Waals surface area contributed by atoms with Gasteiger partial charge in [0, 0.05) is 19.5 Å². The third kappa shape index (κ3) is 4.43. The molecule has 0 N–H and O–H groups in total. The third-order valence-electron chi connectivity index (χ3n) is 5.74. The van der Waals surface area contributed by atoms with Crippen LogP contribution >= 0.6 is 0 Å². The fraction of sp³-hybridized carbons (Fsp3) is 0.348. The molecule has 10 heteroatoms. The number of sulfonamides is 1. The van der Waals surface area contributed by atoms with Gasteiger partial charge in [0.1, 0.15) is 10.6 Å². The molecule has 0 atom stereocenters. The van der Waals surface area contributed by atoms with Crippen molar-refractivity contribution >= 4 is 33.5 Å². The molecule has 33 heavy (non-hydrogen) atoms. The van der Waals surface area contributed by atoms with Crippen LogP contribution in [0.25, 0.3) is 0 Å². The highest BCUT2D eigenvalue weighted by molar-refractivity contribution is 7.93. The van der Waals surface area contributed by atoms with Gasteiger partial charge in [0.25, 0.3) is 15.9 Å². The lowest BCUT2D eigenvalue weighted by Crippen LogP contribution is -2.36. The number of aryl methyl sites for hydroxylation is 1. The second-order valence-electron chi connectivity index (χ2n) is 7.79. The molecule has 2 aliphatic heterocycles. The van der Waals surface area contributed by atoms with Crippen LogP contribution in [0.1, 0.15) is 35.2 Å². The molecule has 2 aliphatic rings. The zero-order chi connectivity index (χ0) is 23.6. The van der Waals surface area contributed by atoms with E-state index < -0.39 is 28.5 Å². The number of likely N-dealkylation sites (tertiary alicyclic amines) is 1. The number of anilines is 1. The molecule has 1 saturated heterocycles. The third-order valence-corrected chi connectivity index (χ3v) is 7.57. The predicted octanol–water partition coefficient (Wildman–Crippen LogP) is 2.14. The topological polar surface area (TPSA) is 110 Å². The Morgan fingerprint density at radius 1 is 1.03 bits per heavy atom. The Kier molecular flexibility index (Phi) is 6.37. The largest absolute Gasteiger partial charge is 0.495 e. The Morgan fingerprint density at radius 3 is 2.52 bits per heavy atom. The number of esters is 1. The summed E-state index contributed by atoms with van der Waals surface area (Å²) in [4.78, 5) is 37.3. The second-order valence-corrected chi connectivity index (χ2v) is 9.62. The molecule has 9 nitrogen and oxygen atoms in total. The van der Waals surface area contributed by atoms with Crippen molar-refractivity contribution in [3.63, 3.8) is 0 Å². The average molecular weight is 473 g/mol. The highest BCUT2D eigenvalue weighted by atomic mass is 32.2. The van der Waals surface area contributed by atoms with E-state index >= 15 is 0 Å². The molecule has 2 aromatic carbocycles. The highest BCUT2D eigenvalue weighted by Gasteiger charge is 2.32. The van der Waals surface area contributed by atoms with E-state index in [1.165, 1.54) is 29.6 Å². The van der Waals surface area contributed by atoms with E-state index in [2.05, 4.69) is 0 Å². The predicted molar refractivity (Wildman–Crippen MR) is 119 cm³/mol. The van der Waals surface area contributed by atoms with Crippen LogP contribution in [-0.2, 0) is 30.8 Å². The van der Waals surface area contributed by atoms with E-state index in [0.717, 1.165) is 16.9 Å². The second kappa shape index (κ2) is 9.22. The number of rotatable bonds is 6. The lowest BCUT2D eigenvalue weighted by molar-refractivity contribution is -0.143. The van der Waals surface area contributed by atoms with Gasteiger partial charge in [-0.3, -0.25) is 18.8 Å². The Bertz CT molecular complexity index is 1210. The first-order valence-electron chi connectivity index (χ1n) is 10.6. The van der Waals surface area contributed by atoms with Crippen LogP contribution in [0, 0.1) is 0 Å². The Labute approximate surface area is 191 Å². The van der Waals surface area contributed by atoms with Crippen LogP contribution in [-0.4, -0.2) is 57.9 Å². The first kappa shape index (κ1) is 22.8. The normalized spacial score (nSPS) is 15.8. The maximum absolute atomic E-state index is 13.6. The van der Waals surface area contributed by atoms with Gasteiger partial charge in [-0.05, 0) is 49.1 Å². The summed E-state index contributed by atoms with van der Waals surface area (Å²) in [6.45, 7) is 0.00514. The monoisotopic (exact) mass is 472 g/mol. The minimum Gasteiger partial charge on any atom is -0.495 e. The maximum atomic E-state index is 13.6. The Morgan fingerprint density at radius 2 is 1.79 bits per heavy atom. The van der Waals surface area contributed by atoms with Crippen molar-refractivity contribution < 1.29 is 32.3 Å². The summed E-state index contributed by atoms with van der Waals surface area (Å²) in [6, 6.07) is 11.2. The standard InChI is InChI=1S/C23H24N2O7S/c1-31-19-11-10-17(23(28)32-15-22(27)24-12-5-9-21(24)26)14-20(19)33(29,30)25-13-4-7-16-6-2-3-8-18(16)25/h2-3,6,8,10-11,14H,4-5,7,9,12-13,15H2,1H3. The lowest BCUT2D eigenvalue weighted by atomic mass is 10.0.